The highest BCUT2D eigenvalue weighted by atomic mass is 16.5. The van der Waals surface area contributed by atoms with Gasteiger partial charge in [-0.3, -0.25) is 0 Å². The maximum Gasteiger partial charge on any atom is 0.0489 e. The van der Waals surface area contributed by atoms with Gasteiger partial charge in [-0.25, -0.2) is 0 Å². The molecule has 1 aliphatic carbocycles. The first kappa shape index (κ1) is 14.7. The van der Waals surface area contributed by atoms with Gasteiger partial charge in [0.2, 0.25) is 0 Å². The summed E-state index contributed by atoms with van der Waals surface area (Å²) in [5.74, 6) is 0.650. The zero-order valence-electron chi connectivity index (χ0n) is 11.6. The molecule has 0 radical (unpaired) electrons. The average Bonchev–Trinajstić information content (AvgIpc) is 2.25. The number of hydrogen-bond donors (Lipinski definition) is 1. The molecule has 0 amide bonds. The Hall–Kier alpha value is -0.340. The highest BCUT2D eigenvalue weighted by Gasteiger charge is 2.05. The Morgan fingerprint density at radius 3 is 3.00 bits per heavy atom. The van der Waals surface area contributed by atoms with E-state index in [1.165, 1.54) is 32.1 Å². The summed E-state index contributed by atoms with van der Waals surface area (Å²) >= 11 is 0. The predicted molar refractivity (Wildman–Crippen MR) is 74.3 cm³/mol. The summed E-state index contributed by atoms with van der Waals surface area (Å²) in [5.41, 5.74) is 0. The van der Waals surface area contributed by atoms with Crippen molar-refractivity contribution in [1.82, 2.24) is 5.32 Å². The van der Waals surface area contributed by atoms with Crippen LogP contribution in [0.25, 0.3) is 0 Å². The van der Waals surface area contributed by atoms with Crippen LogP contribution in [0.15, 0.2) is 12.2 Å². The fourth-order valence-electron chi connectivity index (χ4n) is 2.11. The molecule has 1 unspecified atom stereocenters. The number of rotatable bonds is 7. The Kier molecular flexibility index (Phi) is 8.37. The standard InChI is InChI=1S/C15H29NO/c1-14(2)13-17-12-8-11-16-15-9-6-4-3-5-7-10-15/h6,9,14-16H,3-5,7-8,10-13H2,1-2H3/b9-6+. The molecule has 1 aliphatic rings. The maximum atomic E-state index is 5.57. The van der Waals surface area contributed by atoms with Crippen molar-refractivity contribution in [2.45, 2.75) is 58.4 Å². The minimum atomic E-state index is 0.598. The summed E-state index contributed by atoms with van der Waals surface area (Å²) in [7, 11) is 0. The maximum absolute atomic E-state index is 5.57. The minimum absolute atomic E-state index is 0.598. The summed E-state index contributed by atoms with van der Waals surface area (Å²) in [6.45, 7) is 7.24. The van der Waals surface area contributed by atoms with E-state index in [0.717, 1.165) is 26.2 Å². The molecule has 100 valence electrons. The molecule has 0 aromatic carbocycles. The topological polar surface area (TPSA) is 21.3 Å². The van der Waals surface area contributed by atoms with Crippen LogP contribution in [0.4, 0.5) is 0 Å². The highest BCUT2D eigenvalue weighted by Crippen LogP contribution is 2.11. The number of hydrogen-bond acceptors (Lipinski definition) is 2. The third-order valence-electron chi connectivity index (χ3n) is 3.08. The van der Waals surface area contributed by atoms with Crippen LogP contribution in [-0.2, 0) is 4.74 Å². The molecular weight excluding hydrogens is 210 g/mol. The van der Waals surface area contributed by atoms with Crippen molar-refractivity contribution in [1.29, 1.82) is 0 Å². The molecule has 0 aromatic rings. The molecule has 0 fully saturated rings. The van der Waals surface area contributed by atoms with Gasteiger partial charge in [-0.05, 0) is 38.1 Å². The Bertz CT molecular complexity index is 201. The number of nitrogens with one attached hydrogen (secondary N) is 1. The quantitative estimate of drug-likeness (QED) is 0.542. The lowest BCUT2D eigenvalue weighted by atomic mass is 10.0. The van der Waals surface area contributed by atoms with E-state index in [1.54, 1.807) is 0 Å². The smallest absolute Gasteiger partial charge is 0.0489 e. The molecule has 0 spiro atoms. The van der Waals surface area contributed by atoms with Crippen molar-refractivity contribution in [3.8, 4) is 0 Å². The minimum Gasteiger partial charge on any atom is -0.381 e. The van der Waals surface area contributed by atoms with Crippen molar-refractivity contribution >= 4 is 0 Å². The van der Waals surface area contributed by atoms with E-state index in [4.69, 9.17) is 4.74 Å². The second-order valence-electron chi connectivity index (χ2n) is 5.45. The van der Waals surface area contributed by atoms with Gasteiger partial charge in [0.05, 0.1) is 0 Å². The lowest BCUT2D eigenvalue weighted by molar-refractivity contribution is 0.107. The van der Waals surface area contributed by atoms with E-state index in [-0.39, 0.29) is 0 Å². The van der Waals surface area contributed by atoms with E-state index in [2.05, 4.69) is 31.3 Å². The third-order valence-corrected chi connectivity index (χ3v) is 3.08. The molecule has 0 heterocycles. The molecule has 17 heavy (non-hydrogen) atoms. The van der Waals surface area contributed by atoms with Crippen molar-refractivity contribution < 1.29 is 4.74 Å². The molecule has 1 atom stereocenters. The molecule has 2 nitrogen and oxygen atoms in total. The zero-order valence-corrected chi connectivity index (χ0v) is 11.6. The first-order valence-corrected chi connectivity index (χ1v) is 7.27. The van der Waals surface area contributed by atoms with Crippen LogP contribution >= 0.6 is 0 Å². The van der Waals surface area contributed by atoms with Gasteiger partial charge in [-0.1, -0.05) is 38.8 Å². The van der Waals surface area contributed by atoms with Crippen LogP contribution in [0.1, 0.15) is 52.4 Å². The molecule has 1 rings (SSSR count). The number of ether oxygens (including phenoxy) is 1. The zero-order chi connectivity index (χ0) is 12.3. The summed E-state index contributed by atoms with van der Waals surface area (Å²) < 4.78 is 5.57. The van der Waals surface area contributed by atoms with Gasteiger partial charge >= 0.3 is 0 Å². The Morgan fingerprint density at radius 1 is 1.29 bits per heavy atom. The normalized spacial score (nSPS) is 23.4. The van der Waals surface area contributed by atoms with Gasteiger partial charge in [-0.15, -0.1) is 0 Å². The first-order chi connectivity index (χ1) is 8.29. The van der Waals surface area contributed by atoms with Crippen molar-refractivity contribution in [3.05, 3.63) is 12.2 Å². The van der Waals surface area contributed by atoms with Gasteiger partial charge in [0.1, 0.15) is 0 Å². The van der Waals surface area contributed by atoms with Crippen LogP contribution in [0.3, 0.4) is 0 Å². The van der Waals surface area contributed by atoms with E-state index in [0.29, 0.717) is 12.0 Å². The van der Waals surface area contributed by atoms with Crippen molar-refractivity contribution in [2.24, 2.45) is 5.92 Å². The molecular formula is C15H29NO. The van der Waals surface area contributed by atoms with Gasteiger partial charge in [0, 0.05) is 19.3 Å². The predicted octanol–water partition coefficient (Wildman–Crippen LogP) is 3.53. The van der Waals surface area contributed by atoms with E-state index >= 15 is 0 Å². The second-order valence-corrected chi connectivity index (χ2v) is 5.45. The number of allylic oxidation sites excluding steroid dienone is 1. The van der Waals surface area contributed by atoms with E-state index in [1.807, 2.05) is 0 Å². The first-order valence-electron chi connectivity index (χ1n) is 7.27. The van der Waals surface area contributed by atoms with Crippen LogP contribution in [0.5, 0.6) is 0 Å². The molecule has 0 aliphatic heterocycles. The Morgan fingerprint density at radius 2 is 2.18 bits per heavy atom. The lowest BCUT2D eigenvalue weighted by Gasteiger charge is -2.17. The van der Waals surface area contributed by atoms with Gasteiger partial charge in [0.25, 0.3) is 0 Å². The summed E-state index contributed by atoms with van der Waals surface area (Å²) in [6, 6.07) is 0.598. The Balaban J connectivity index is 1.99. The fraction of sp³-hybridized carbons (Fsp3) is 0.867. The van der Waals surface area contributed by atoms with Crippen molar-refractivity contribution in [3.63, 3.8) is 0 Å². The van der Waals surface area contributed by atoms with Crippen LogP contribution < -0.4 is 5.32 Å². The van der Waals surface area contributed by atoms with Crippen LogP contribution in [-0.4, -0.2) is 25.8 Å². The van der Waals surface area contributed by atoms with Gasteiger partial charge in [0.15, 0.2) is 0 Å². The Labute approximate surface area is 107 Å². The van der Waals surface area contributed by atoms with Crippen LogP contribution in [0.2, 0.25) is 0 Å². The monoisotopic (exact) mass is 239 g/mol. The molecule has 1 N–H and O–H groups in total. The highest BCUT2D eigenvalue weighted by molar-refractivity contribution is 4.94. The molecule has 2 heteroatoms. The summed E-state index contributed by atoms with van der Waals surface area (Å²) in [5, 5.41) is 3.61. The van der Waals surface area contributed by atoms with Crippen LogP contribution in [0, 0.1) is 5.92 Å². The largest absolute Gasteiger partial charge is 0.381 e. The molecule has 0 bridgehead atoms. The van der Waals surface area contributed by atoms with E-state index in [9.17, 15) is 0 Å². The van der Waals surface area contributed by atoms with E-state index < -0.39 is 0 Å². The molecule has 0 saturated heterocycles. The fourth-order valence-corrected chi connectivity index (χ4v) is 2.11. The third kappa shape index (κ3) is 8.39. The van der Waals surface area contributed by atoms with Gasteiger partial charge in [-0.2, -0.15) is 0 Å². The SMILES string of the molecule is CC(C)COCCCNC1/C=C/CCCCC1. The lowest BCUT2D eigenvalue weighted by Crippen LogP contribution is -2.29. The van der Waals surface area contributed by atoms with Gasteiger partial charge < -0.3 is 10.1 Å². The molecule has 0 aromatic heterocycles. The second kappa shape index (κ2) is 9.67. The summed E-state index contributed by atoms with van der Waals surface area (Å²) in [6.07, 6.45) is 12.5. The van der Waals surface area contributed by atoms with Crippen molar-refractivity contribution in [2.75, 3.05) is 19.8 Å². The summed E-state index contributed by atoms with van der Waals surface area (Å²) in [4.78, 5) is 0. The average molecular weight is 239 g/mol. The molecule has 0 saturated carbocycles.